The van der Waals surface area contributed by atoms with E-state index in [1.54, 1.807) is 0 Å². The summed E-state index contributed by atoms with van der Waals surface area (Å²) in [5, 5.41) is 9.11. The molecule has 1 N–H and O–H groups in total. The summed E-state index contributed by atoms with van der Waals surface area (Å²) in [5.74, 6) is 2.53. The molecule has 0 heterocycles. The molecule has 2 bridgehead atoms. The lowest BCUT2D eigenvalue weighted by molar-refractivity contribution is 0.242. The molecule has 0 saturated carbocycles. The molecular weight excluding hydrogens is 148 g/mol. The standard InChI is InChI=1S/C11H12O/c12-6-8-5-7-1-2-10(8)11-4-3-9(7)11/h1-5,7,9-12H,6H2/t7-,9+,10-,11+/m0/s1. The molecule has 1 nitrogen and oxygen atoms in total. The Morgan fingerprint density at radius 1 is 1.08 bits per heavy atom. The number of rotatable bonds is 1. The third-order valence-electron chi connectivity index (χ3n) is 3.42. The van der Waals surface area contributed by atoms with Crippen LogP contribution in [0.5, 0.6) is 0 Å². The van der Waals surface area contributed by atoms with Crippen molar-refractivity contribution in [3.8, 4) is 0 Å². The van der Waals surface area contributed by atoms with Gasteiger partial charge in [0, 0.05) is 11.8 Å². The van der Waals surface area contributed by atoms with Crippen LogP contribution in [0.2, 0.25) is 0 Å². The molecule has 0 aromatic heterocycles. The molecule has 0 unspecified atom stereocenters. The first kappa shape index (κ1) is 6.67. The molecule has 1 heteroatoms. The van der Waals surface area contributed by atoms with Crippen molar-refractivity contribution in [1.82, 2.24) is 0 Å². The molecule has 0 aromatic rings. The Balaban J connectivity index is 2.03. The molecular formula is C11H12O. The lowest BCUT2D eigenvalue weighted by Crippen LogP contribution is -2.39. The average molecular weight is 160 g/mol. The van der Waals surface area contributed by atoms with Gasteiger partial charge < -0.3 is 5.11 Å². The summed E-state index contributed by atoms with van der Waals surface area (Å²) >= 11 is 0. The Morgan fingerprint density at radius 2 is 1.92 bits per heavy atom. The van der Waals surface area contributed by atoms with E-state index in [2.05, 4.69) is 30.4 Å². The van der Waals surface area contributed by atoms with Crippen molar-refractivity contribution in [1.29, 1.82) is 0 Å². The quantitative estimate of drug-likeness (QED) is 0.577. The maximum absolute atomic E-state index is 9.11. The summed E-state index contributed by atoms with van der Waals surface area (Å²) in [6, 6.07) is 0. The third kappa shape index (κ3) is 0.632. The van der Waals surface area contributed by atoms with E-state index in [9.17, 15) is 0 Å². The van der Waals surface area contributed by atoms with E-state index >= 15 is 0 Å². The van der Waals surface area contributed by atoms with Crippen LogP contribution in [0.4, 0.5) is 0 Å². The molecule has 4 atom stereocenters. The average Bonchev–Trinajstić information content (AvgIpc) is 2.04. The fourth-order valence-electron chi connectivity index (χ4n) is 2.67. The first-order valence-electron chi connectivity index (χ1n) is 4.58. The van der Waals surface area contributed by atoms with Crippen LogP contribution in [0.3, 0.4) is 0 Å². The normalized spacial score (nSPS) is 46.9. The number of hydrogen-bond donors (Lipinski definition) is 1. The van der Waals surface area contributed by atoms with Crippen molar-refractivity contribution < 1.29 is 5.11 Å². The van der Waals surface area contributed by atoms with Crippen molar-refractivity contribution in [3.63, 3.8) is 0 Å². The molecule has 4 aliphatic carbocycles. The van der Waals surface area contributed by atoms with E-state index in [1.807, 2.05) is 0 Å². The van der Waals surface area contributed by atoms with Gasteiger partial charge in [0.1, 0.15) is 0 Å². The lowest BCUT2D eigenvalue weighted by Gasteiger charge is -2.46. The molecule has 0 amide bonds. The molecule has 0 aromatic carbocycles. The zero-order chi connectivity index (χ0) is 8.13. The summed E-state index contributed by atoms with van der Waals surface area (Å²) in [4.78, 5) is 0. The zero-order valence-electron chi connectivity index (χ0n) is 6.85. The number of allylic oxidation sites excluding steroid dienone is 5. The van der Waals surface area contributed by atoms with Crippen molar-refractivity contribution in [2.24, 2.45) is 23.7 Å². The smallest absolute Gasteiger partial charge is 0.0647 e. The summed E-state index contributed by atoms with van der Waals surface area (Å²) in [6.07, 6.45) is 11.4. The summed E-state index contributed by atoms with van der Waals surface area (Å²) in [7, 11) is 0. The van der Waals surface area contributed by atoms with Gasteiger partial charge in [-0.05, 0) is 17.4 Å². The number of aliphatic hydroxyl groups is 1. The fraction of sp³-hybridized carbons (Fsp3) is 0.455. The van der Waals surface area contributed by atoms with Crippen LogP contribution in [0.25, 0.3) is 0 Å². The zero-order valence-corrected chi connectivity index (χ0v) is 6.85. The minimum atomic E-state index is 0.239. The van der Waals surface area contributed by atoms with E-state index < -0.39 is 0 Å². The van der Waals surface area contributed by atoms with Gasteiger partial charge in [0.15, 0.2) is 0 Å². The lowest BCUT2D eigenvalue weighted by atomic mass is 9.58. The minimum Gasteiger partial charge on any atom is -0.392 e. The molecule has 0 fully saturated rings. The van der Waals surface area contributed by atoms with E-state index in [0.29, 0.717) is 17.8 Å². The summed E-state index contributed by atoms with van der Waals surface area (Å²) < 4.78 is 0. The Bertz CT molecular complexity index is 298. The molecule has 12 heavy (non-hydrogen) atoms. The van der Waals surface area contributed by atoms with Crippen molar-refractivity contribution in [3.05, 3.63) is 36.0 Å². The van der Waals surface area contributed by atoms with Gasteiger partial charge in [0.2, 0.25) is 0 Å². The van der Waals surface area contributed by atoms with Crippen LogP contribution in [-0.4, -0.2) is 11.7 Å². The van der Waals surface area contributed by atoms with Gasteiger partial charge in [0.25, 0.3) is 0 Å². The second-order valence-corrected chi connectivity index (χ2v) is 3.93. The highest BCUT2D eigenvalue weighted by Gasteiger charge is 2.42. The van der Waals surface area contributed by atoms with Crippen LogP contribution in [0.15, 0.2) is 36.0 Å². The fourth-order valence-corrected chi connectivity index (χ4v) is 2.67. The van der Waals surface area contributed by atoms with Crippen molar-refractivity contribution in [2.75, 3.05) is 6.61 Å². The van der Waals surface area contributed by atoms with E-state index in [4.69, 9.17) is 5.11 Å². The molecule has 0 radical (unpaired) electrons. The number of aliphatic hydroxyl groups excluding tert-OH is 1. The first-order valence-corrected chi connectivity index (χ1v) is 4.58. The van der Waals surface area contributed by atoms with E-state index in [1.165, 1.54) is 5.57 Å². The highest BCUT2D eigenvalue weighted by atomic mass is 16.3. The third-order valence-corrected chi connectivity index (χ3v) is 3.42. The monoisotopic (exact) mass is 160 g/mol. The van der Waals surface area contributed by atoms with Gasteiger partial charge in [0.05, 0.1) is 6.61 Å². The predicted octanol–water partition coefficient (Wildman–Crippen LogP) is 1.52. The molecule has 4 rings (SSSR count). The van der Waals surface area contributed by atoms with Gasteiger partial charge in [-0.3, -0.25) is 0 Å². The molecule has 62 valence electrons. The Labute approximate surface area is 72.1 Å². The molecule has 0 saturated heterocycles. The minimum absolute atomic E-state index is 0.239. The van der Waals surface area contributed by atoms with Crippen molar-refractivity contribution in [2.45, 2.75) is 0 Å². The maximum Gasteiger partial charge on any atom is 0.0647 e. The van der Waals surface area contributed by atoms with E-state index in [0.717, 1.165) is 5.92 Å². The predicted molar refractivity (Wildman–Crippen MR) is 47.4 cm³/mol. The van der Waals surface area contributed by atoms with Gasteiger partial charge in [-0.2, -0.15) is 0 Å². The van der Waals surface area contributed by atoms with E-state index in [-0.39, 0.29) is 6.61 Å². The first-order chi connectivity index (χ1) is 5.90. The molecule has 0 aliphatic heterocycles. The highest BCUT2D eigenvalue weighted by molar-refractivity contribution is 5.37. The van der Waals surface area contributed by atoms with Gasteiger partial charge >= 0.3 is 0 Å². The van der Waals surface area contributed by atoms with Crippen LogP contribution in [0.1, 0.15) is 0 Å². The maximum atomic E-state index is 9.11. The highest BCUT2D eigenvalue weighted by Crippen LogP contribution is 2.49. The Kier molecular flexibility index (Phi) is 1.17. The Hall–Kier alpha value is -0.820. The van der Waals surface area contributed by atoms with Crippen molar-refractivity contribution >= 4 is 0 Å². The summed E-state index contributed by atoms with van der Waals surface area (Å²) in [5.41, 5.74) is 1.23. The second kappa shape index (κ2) is 2.11. The topological polar surface area (TPSA) is 20.2 Å². The van der Waals surface area contributed by atoms with Crippen LogP contribution in [-0.2, 0) is 0 Å². The molecule has 0 spiro atoms. The molecule has 4 aliphatic rings. The van der Waals surface area contributed by atoms with Gasteiger partial charge in [-0.25, -0.2) is 0 Å². The van der Waals surface area contributed by atoms with Crippen LogP contribution in [0, 0.1) is 23.7 Å². The van der Waals surface area contributed by atoms with Crippen LogP contribution < -0.4 is 0 Å². The summed E-state index contributed by atoms with van der Waals surface area (Å²) in [6.45, 7) is 0.239. The number of hydrogen-bond acceptors (Lipinski definition) is 1. The van der Waals surface area contributed by atoms with Gasteiger partial charge in [-0.15, -0.1) is 0 Å². The van der Waals surface area contributed by atoms with Crippen LogP contribution >= 0.6 is 0 Å². The largest absolute Gasteiger partial charge is 0.392 e. The SMILES string of the molecule is OCC1=C[C@@H]2C=C[C@@H]1[C@@H]1C=C[C@H]21. The van der Waals surface area contributed by atoms with Gasteiger partial charge in [-0.1, -0.05) is 30.4 Å². The Morgan fingerprint density at radius 3 is 2.50 bits per heavy atom. The second-order valence-electron chi connectivity index (χ2n) is 3.93.